The highest BCUT2D eigenvalue weighted by molar-refractivity contribution is 6.74. The molecule has 0 aromatic heterocycles. The van der Waals surface area contributed by atoms with Crippen LogP contribution in [-0.2, 0) is 9.22 Å². The van der Waals surface area contributed by atoms with Crippen molar-refractivity contribution in [3.05, 3.63) is 42.0 Å². The molecule has 3 nitrogen and oxygen atoms in total. The molecule has 0 spiro atoms. The van der Waals surface area contributed by atoms with Gasteiger partial charge in [-0.15, -0.1) is 0 Å². The fourth-order valence-corrected chi connectivity index (χ4v) is 2.60. The Labute approximate surface area is 122 Å². The van der Waals surface area contributed by atoms with Gasteiger partial charge in [-0.2, -0.15) is 0 Å². The van der Waals surface area contributed by atoms with Crippen LogP contribution in [0.2, 0.25) is 18.1 Å². The SMILES string of the molecule is CC(C)(C)[Si](C)(C)OC(/C=C/c1ccccc1)C(=O)O. The Morgan fingerprint density at radius 2 is 1.80 bits per heavy atom. The first kappa shape index (κ1) is 16.7. The number of carboxylic acids is 1. The van der Waals surface area contributed by atoms with Crippen LogP contribution in [0.4, 0.5) is 0 Å². The van der Waals surface area contributed by atoms with E-state index in [1.807, 2.05) is 30.3 Å². The predicted molar refractivity (Wildman–Crippen MR) is 85.2 cm³/mol. The second kappa shape index (κ2) is 6.37. The zero-order valence-corrected chi connectivity index (χ0v) is 13.9. The van der Waals surface area contributed by atoms with E-state index in [1.54, 1.807) is 12.2 Å². The fourth-order valence-electron chi connectivity index (χ4n) is 1.43. The van der Waals surface area contributed by atoms with Crippen LogP contribution < -0.4 is 0 Å². The summed E-state index contributed by atoms with van der Waals surface area (Å²) in [5.41, 5.74) is 0.970. The summed E-state index contributed by atoms with van der Waals surface area (Å²) >= 11 is 0. The van der Waals surface area contributed by atoms with Gasteiger partial charge in [-0.05, 0) is 29.8 Å². The van der Waals surface area contributed by atoms with Crippen molar-refractivity contribution in [2.24, 2.45) is 0 Å². The monoisotopic (exact) mass is 292 g/mol. The van der Waals surface area contributed by atoms with E-state index < -0.39 is 20.4 Å². The molecule has 0 amide bonds. The lowest BCUT2D eigenvalue weighted by Crippen LogP contribution is -2.45. The van der Waals surface area contributed by atoms with E-state index in [1.165, 1.54) is 0 Å². The first-order chi connectivity index (χ1) is 9.13. The molecule has 1 atom stereocenters. The Kier molecular flexibility index (Phi) is 5.31. The lowest BCUT2D eigenvalue weighted by molar-refractivity contribution is -0.143. The molecule has 1 aromatic rings. The minimum atomic E-state index is -2.10. The van der Waals surface area contributed by atoms with E-state index in [0.717, 1.165) is 5.56 Å². The second-order valence-corrected chi connectivity index (χ2v) is 11.2. The zero-order valence-electron chi connectivity index (χ0n) is 12.9. The lowest BCUT2D eigenvalue weighted by atomic mass is 10.2. The molecule has 1 rings (SSSR count). The summed E-state index contributed by atoms with van der Waals surface area (Å²) < 4.78 is 5.94. The van der Waals surface area contributed by atoms with Crippen molar-refractivity contribution in [1.29, 1.82) is 0 Å². The third-order valence-electron chi connectivity index (χ3n) is 3.73. The van der Waals surface area contributed by atoms with E-state index in [9.17, 15) is 9.90 Å². The molecule has 0 heterocycles. The van der Waals surface area contributed by atoms with Crippen molar-refractivity contribution in [3.8, 4) is 0 Å². The van der Waals surface area contributed by atoms with E-state index in [4.69, 9.17) is 4.43 Å². The van der Waals surface area contributed by atoms with Crippen LogP contribution in [0.1, 0.15) is 26.3 Å². The van der Waals surface area contributed by atoms with Crippen molar-refractivity contribution in [2.75, 3.05) is 0 Å². The molecule has 20 heavy (non-hydrogen) atoms. The van der Waals surface area contributed by atoms with Gasteiger partial charge in [0.2, 0.25) is 0 Å². The summed E-state index contributed by atoms with van der Waals surface area (Å²) in [5.74, 6) is -0.943. The highest BCUT2D eigenvalue weighted by Crippen LogP contribution is 2.37. The number of rotatable bonds is 5. The van der Waals surface area contributed by atoms with Gasteiger partial charge in [0.1, 0.15) is 0 Å². The molecule has 0 aliphatic carbocycles. The number of carboxylic acid groups (broad SMARTS) is 1. The number of aliphatic carboxylic acids is 1. The standard InChI is InChI=1S/C16H24O3Si/c1-16(2,3)20(4,5)19-14(15(17)18)12-11-13-9-7-6-8-10-13/h6-12,14H,1-5H3,(H,17,18)/b12-11+. The molecule has 1 N–H and O–H groups in total. The van der Waals surface area contributed by atoms with Gasteiger partial charge in [0, 0.05) is 0 Å². The van der Waals surface area contributed by atoms with Crippen LogP contribution in [0.3, 0.4) is 0 Å². The number of benzene rings is 1. The van der Waals surface area contributed by atoms with E-state index >= 15 is 0 Å². The Hall–Kier alpha value is -1.39. The first-order valence-corrected chi connectivity index (χ1v) is 9.68. The van der Waals surface area contributed by atoms with Crippen molar-refractivity contribution in [3.63, 3.8) is 0 Å². The number of hydrogen-bond acceptors (Lipinski definition) is 2. The van der Waals surface area contributed by atoms with Crippen molar-refractivity contribution < 1.29 is 14.3 Å². The van der Waals surface area contributed by atoms with E-state index in [2.05, 4.69) is 33.9 Å². The third-order valence-corrected chi connectivity index (χ3v) is 8.19. The molecule has 0 bridgehead atoms. The molecule has 1 unspecified atom stereocenters. The maximum atomic E-state index is 11.4. The highest BCUT2D eigenvalue weighted by atomic mass is 28.4. The molecule has 110 valence electrons. The first-order valence-electron chi connectivity index (χ1n) is 6.77. The van der Waals surface area contributed by atoms with Gasteiger partial charge < -0.3 is 9.53 Å². The summed E-state index contributed by atoms with van der Waals surface area (Å²) in [5, 5.41) is 9.31. The molecule has 0 radical (unpaired) electrons. The Morgan fingerprint density at radius 1 is 1.25 bits per heavy atom. The average molecular weight is 292 g/mol. The number of carbonyl (C=O) groups is 1. The third kappa shape index (κ3) is 4.61. The quantitative estimate of drug-likeness (QED) is 0.828. The van der Waals surface area contributed by atoms with Crippen LogP contribution in [-0.4, -0.2) is 25.5 Å². The fraction of sp³-hybridized carbons (Fsp3) is 0.438. The topological polar surface area (TPSA) is 46.5 Å². The molecule has 4 heteroatoms. The Bertz CT molecular complexity index is 472. The van der Waals surface area contributed by atoms with E-state index in [-0.39, 0.29) is 5.04 Å². The maximum Gasteiger partial charge on any atom is 0.335 e. The minimum Gasteiger partial charge on any atom is -0.479 e. The maximum absolute atomic E-state index is 11.4. The van der Waals surface area contributed by atoms with Gasteiger partial charge in [-0.1, -0.05) is 57.2 Å². The van der Waals surface area contributed by atoms with Gasteiger partial charge in [0.05, 0.1) is 0 Å². The molecule has 0 fully saturated rings. The van der Waals surface area contributed by atoms with E-state index in [0.29, 0.717) is 0 Å². The summed E-state index contributed by atoms with van der Waals surface area (Å²) in [6.45, 7) is 10.4. The van der Waals surface area contributed by atoms with Crippen LogP contribution in [0, 0.1) is 0 Å². The van der Waals surface area contributed by atoms with Crippen molar-refractivity contribution in [2.45, 2.75) is 45.0 Å². The number of hydrogen-bond donors (Lipinski definition) is 1. The smallest absolute Gasteiger partial charge is 0.335 e. The van der Waals surface area contributed by atoms with Crippen molar-refractivity contribution in [1.82, 2.24) is 0 Å². The summed E-state index contributed by atoms with van der Waals surface area (Å²) in [7, 11) is -2.10. The second-order valence-electron chi connectivity index (χ2n) is 6.41. The molecule has 0 aliphatic heterocycles. The Balaban J connectivity index is 2.86. The van der Waals surface area contributed by atoms with Crippen LogP contribution >= 0.6 is 0 Å². The average Bonchev–Trinajstić information content (AvgIpc) is 2.34. The van der Waals surface area contributed by atoms with Gasteiger partial charge >= 0.3 is 5.97 Å². The summed E-state index contributed by atoms with van der Waals surface area (Å²) in [4.78, 5) is 11.4. The van der Waals surface area contributed by atoms with Crippen LogP contribution in [0.25, 0.3) is 6.08 Å². The normalized spacial score (nSPS) is 14.4. The van der Waals surface area contributed by atoms with Crippen LogP contribution in [0.15, 0.2) is 36.4 Å². The van der Waals surface area contributed by atoms with Gasteiger partial charge in [0.15, 0.2) is 14.4 Å². The molecular weight excluding hydrogens is 268 g/mol. The van der Waals surface area contributed by atoms with Crippen LogP contribution in [0.5, 0.6) is 0 Å². The molecule has 0 saturated carbocycles. The van der Waals surface area contributed by atoms with Gasteiger partial charge in [0.25, 0.3) is 0 Å². The predicted octanol–water partition coefficient (Wildman–Crippen LogP) is 4.17. The molecule has 0 saturated heterocycles. The highest BCUT2D eigenvalue weighted by Gasteiger charge is 2.40. The largest absolute Gasteiger partial charge is 0.479 e. The zero-order chi connectivity index (χ0) is 15.4. The lowest BCUT2D eigenvalue weighted by Gasteiger charge is -2.37. The Morgan fingerprint density at radius 3 is 2.25 bits per heavy atom. The molecule has 0 aliphatic rings. The molecule has 1 aromatic carbocycles. The molecular formula is C16H24O3Si. The summed E-state index contributed by atoms with van der Waals surface area (Å²) in [6, 6.07) is 9.63. The van der Waals surface area contributed by atoms with Crippen molar-refractivity contribution >= 4 is 20.4 Å². The summed E-state index contributed by atoms with van der Waals surface area (Å²) in [6.07, 6.45) is 2.53. The minimum absolute atomic E-state index is 0.0126. The van der Waals surface area contributed by atoms with Gasteiger partial charge in [-0.3, -0.25) is 0 Å². The van der Waals surface area contributed by atoms with Gasteiger partial charge in [-0.25, -0.2) is 4.79 Å².